The van der Waals surface area contributed by atoms with Crippen molar-refractivity contribution in [2.24, 2.45) is 5.92 Å². The van der Waals surface area contributed by atoms with Gasteiger partial charge >= 0.3 is 0 Å². The Kier molecular flexibility index (Phi) is 4.83. The molecule has 0 aliphatic carbocycles. The van der Waals surface area contributed by atoms with Crippen molar-refractivity contribution in [2.45, 2.75) is 37.4 Å². The number of nitrogens with one attached hydrogen (secondary N) is 1. The van der Waals surface area contributed by atoms with Gasteiger partial charge in [-0.15, -0.1) is 0 Å². The Labute approximate surface area is 121 Å². The third-order valence-electron chi connectivity index (χ3n) is 3.47. The fourth-order valence-corrected chi connectivity index (χ4v) is 3.13. The zero-order chi connectivity index (χ0) is 14.8. The molecule has 0 aromatic heterocycles. The Hall–Kier alpha value is -0.910. The molecule has 2 rings (SSSR count). The minimum atomic E-state index is -3.13. The van der Waals surface area contributed by atoms with Crippen LogP contribution in [0.3, 0.4) is 0 Å². The number of benzene rings is 1. The van der Waals surface area contributed by atoms with Gasteiger partial charge in [0.25, 0.3) is 0 Å². The second-order valence-corrected chi connectivity index (χ2v) is 7.89. The molecule has 1 aliphatic heterocycles. The van der Waals surface area contributed by atoms with Crippen LogP contribution in [-0.4, -0.2) is 33.9 Å². The maximum atomic E-state index is 11.5. The molecular weight excluding hydrogens is 274 g/mol. The molecule has 112 valence electrons. The number of ether oxygens (including phenoxy) is 1. The van der Waals surface area contributed by atoms with E-state index < -0.39 is 9.84 Å². The van der Waals surface area contributed by atoms with Gasteiger partial charge in [0.1, 0.15) is 0 Å². The monoisotopic (exact) mass is 297 g/mol. The van der Waals surface area contributed by atoms with Crippen LogP contribution in [0.1, 0.15) is 31.9 Å². The van der Waals surface area contributed by atoms with E-state index in [2.05, 4.69) is 19.2 Å². The van der Waals surface area contributed by atoms with Crippen molar-refractivity contribution in [3.63, 3.8) is 0 Å². The lowest BCUT2D eigenvalue weighted by Crippen LogP contribution is -2.41. The van der Waals surface area contributed by atoms with E-state index in [0.717, 1.165) is 25.1 Å². The first kappa shape index (κ1) is 15.5. The van der Waals surface area contributed by atoms with Crippen LogP contribution >= 0.6 is 0 Å². The van der Waals surface area contributed by atoms with Gasteiger partial charge in [0.15, 0.2) is 9.84 Å². The molecule has 1 aromatic rings. The van der Waals surface area contributed by atoms with Gasteiger partial charge in [-0.05, 0) is 30.0 Å². The smallest absolute Gasteiger partial charge is 0.175 e. The first-order chi connectivity index (χ1) is 9.36. The highest BCUT2D eigenvalue weighted by Crippen LogP contribution is 2.25. The third kappa shape index (κ3) is 4.04. The highest BCUT2D eigenvalue weighted by atomic mass is 32.2. The maximum absolute atomic E-state index is 11.5. The number of hydrogen-bond donors (Lipinski definition) is 1. The van der Waals surface area contributed by atoms with Gasteiger partial charge in [-0.3, -0.25) is 0 Å². The van der Waals surface area contributed by atoms with E-state index in [0.29, 0.717) is 10.8 Å². The molecule has 1 aliphatic rings. The van der Waals surface area contributed by atoms with Gasteiger partial charge in [0.2, 0.25) is 0 Å². The van der Waals surface area contributed by atoms with Crippen molar-refractivity contribution < 1.29 is 13.2 Å². The lowest BCUT2D eigenvalue weighted by Gasteiger charge is -2.32. The highest BCUT2D eigenvalue weighted by Gasteiger charge is 2.24. The van der Waals surface area contributed by atoms with Crippen LogP contribution in [0.15, 0.2) is 29.2 Å². The van der Waals surface area contributed by atoms with E-state index in [1.165, 1.54) is 6.26 Å². The van der Waals surface area contributed by atoms with E-state index in [1.807, 2.05) is 12.1 Å². The molecule has 5 heteroatoms. The first-order valence-corrected chi connectivity index (χ1v) is 8.91. The van der Waals surface area contributed by atoms with Crippen LogP contribution in [0.2, 0.25) is 0 Å². The molecule has 0 bridgehead atoms. The normalized spacial score (nSPS) is 24.0. The molecule has 0 amide bonds. The Balaban J connectivity index is 2.07. The molecule has 1 aromatic carbocycles. The fraction of sp³-hybridized carbons (Fsp3) is 0.600. The molecule has 0 saturated carbocycles. The number of rotatable bonds is 4. The predicted octanol–water partition coefficient (Wildman–Crippen LogP) is 2.17. The van der Waals surface area contributed by atoms with Crippen LogP contribution in [0.5, 0.6) is 0 Å². The summed E-state index contributed by atoms with van der Waals surface area (Å²) in [5, 5.41) is 3.39. The Morgan fingerprint density at radius 2 is 1.90 bits per heavy atom. The van der Waals surface area contributed by atoms with Crippen molar-refractivity contribution in [3.05, 3.63) is 29.8 Å². The number of hydrogen-bond acceptors (Lipinski definition) is 4. The molecule has 1 fully saturated rings. The highest BCUT2D eigenvalue weighted by molar-refractivity contribution is 7.90. The predicted molar refractivity (Wildman–Crippen MR) is 79.5 cm³/mol. The maximum Gasteiger partial charge on any atom is 0.175 e. The topological polar surface area (TPSA) is 55.4 Å². The molecule has 1 heterocycles. The summed E-state index contributed by atoms with van der Waals surface area (Å²) in [5.41, 5.74) is 1.03. The van der Waals surface area contributed by atoms with Crippen LogP contribution < -0.4 is 5.32 Å². The Bertz CT molecular complexity index is 537. The van der Waals surface area contributed by atoms with E-state index in [-0.39, 0.29) is 12.2 Å². The minimum absolute atomic E-state index is 0.00103. The Morgan fingerprint density at radius 1 is 1.25 bits per heavy atom. The second kappa shape index (κ2) is 6.24. The van der Waals surface area contributed by atoms with E-state index in [1.54, 1.807) is 12.1 Å². The second-order valence-electron chi connectivity index (χ2n) is 5.88. The summed E-state index contributed by atoms with van der Waals surface area (Å²) >= 11 is 0. The lowest BCUT2D eigenvalue weighted by atomic mass is 10.0. The minimum Gasteiger partial charge on any atom is -0.368 e. The van der Waals surface area contributed by atoms with E-state index in [9.17, 15) is 8.42 Å². The zero-order valence-electron chi connectivity index (χ0n) is 12.3. The SMILES string of the molecule is CC(C)CC1CNCC(c2ccc(S(C)(=O)=O)cc2)O1. The summed E-state index contributed by atoms with van der Waals surface area (Å²) in [4.78, 5) is 0.351. The standard InChI is InChI=1S/C15H23NO3S/c1-11(2)8-13-9-16-10-15(19-13)12-4-6-14(7-5-12)20(3,17)18/h4-7,11,13,15-16H,8-10H2,1-3H3. The van der Waals surface area contributed by atoms with Gasteiger partial charge in [-0.1, -0.05) is 26.0 Å². The lowest BCUT2D eigenvalue weighted by molar-refractivity contribution is -0.0474. The van der Waals surface area contributed by atoms with Crippen molar-refractivity contribution in [2.75, 3.05) is 19.3 Å². The Morgan fingerprint density at radius 3 is 2.45 bits per heavy atom. The summed E-state index contributed by atoms with van der Waals surface area (Å²) in [6.45, 7) is 6.03. The molecule has 0 radical (unpaired) electrons. The van der Waals surface area contributed by atoms with Crippen LogP contribution in [-0.2, 0) is 14.6 Å². The van der Waals surface area contributed by atoms with Crippen molar-refractivity contribution >= 4 is 9.84 Å². The molecule has 2 unspecified atom stereocenters. The van der Waals surface area contributed by atoms with Gasteiger partial charge in [0, 0.05) is 19.3 Å². The van der Waals surface area contributed by atoms with Gasteiger partial charge in [-0.25, -0.2) is 8.42 Å². The van der Waals surface area contributed by atoms with Gasteiger partial charge in [0.05, 0.1) is 17.1 Å². The molecule has 1 saturated heterocycles. The summed E-state index contributed by atoms with van der Waals surface area (Å²) < 4.78 is 29.0. The fourth-order valence-electron chi connectivity index (χ4n) is 2.49. The molecule has 20 heavy (non-hydrogen) atoms. The van der Waals surface area contributed by atoms with Gasteiger partial charge in [-0.2, -0.15) is 0 Å². The first-order valence-electron chi connectivity index (χ1n) is 7.02. The van der Waals surface area contributed by atoms with Crippen molar-refractivity contribution in [1.82, 2.24) is 5.32 Å². The van der Waals surface area contributed by atoms with E-state index in [4.69, 9.17) is 4.74 Å². The summed E-state index contributed by atoms with van der Waals surface area (Å²) in [5.74, 6) is 0.605. The average molecular weight is 297 g/mol. The van der Waals surface area contributed by atoms with Crippen LogP contribution in [0, 0.1) is 5.92 Å². The van der Waals surface area contributed by atoms with Crippen LogP contribution in [0.25, 0.3) is 0 Å². The summed E-state index contributed by atoms with van der Waals surface area (Å²) in [6, 6.07) is 7.00. The number of morpholine rings is 1. The molecule has 2 atom stereocenters. The molecule has 1 N–H and O–H groups in total. The average Bonchev–Trinajstić information content (AvgIpc) is 2.37. The quantitative estimate of drug-likeness (QED) is 0.925. The third-order valence-corrected chi connectivity index (χ3v) is 4.60. The number of sulfone groups is 1. The summed E-state index contributed by atoms with van der Waals surface area (Å²) in [7, 11) is -3.13. The largest absolute Gasteiger partial charge is 0.368 e. The zero-order valence-corrected chi connectivity index (χ0v) is 13.1. The molecule has 4 nitrogen and oxygen atoms in total. The molecule has 0 spiro atoms. The van der Waals surface area contributed by atoms with E-state index >= 15 is 0 Å². The van der Waals surface area contributed by atoms with Gasteiger partial charge < -0.3 is 10.1 Å². The van der Waals surface area contributed by atoms with Crippen molar-refractivity contribution in [1.29, 1.82) is 0 Å². The summed E-state index contributed by atoms with van der Waals surface area (Å²) in [6.07, 6.45) is 2.48. The van der Waals surface area contributed by atoms with Crippen molar-refractivity contribution in [3.8, 4) is 0 Å². The van der Waals surface area contributed by atoms with Crippen LogP contribution in [0.4, 0.5) is 0 Å². The molecular formula is C15H23NO3S.